The first-order valence-electron chi connectivity index (χ1n) is 9.77. The summed E-state index contributed by atoms with van der Waals surface area (Å²) >= 11 is 0. The Morgan fingerprint density at radius 1 is 1.19 bits per heavy atom. The summed E-state index contributed by atoms with van der Waals surface area (Å²) in [5.41, 5.74) is 2.37. The molecular formula is C21H25N3O2. The molecule has 3 aliphatic carbocycles. The maximum Gasteiger partial charge on any atom is 0.269 e. The van der Waals surface area contributed by atoms with Gasteiger partial charge >= 0.3 is 0 Å². The maximum atomic E-state index is 11.6. The molecule has 3 saturated carbocycles. The number of benzene rings is 1. The van der Waals surface area contributed by atoms with Crippen molar-refractivity contribution in [1.82, 2.24) is 15.1 Å². The molecule has 3 fully saturated rings. The first-order chi connectivity index (χ1) is 12.7. The second kappa shape index (κ2) is 6.15. The summed E-state index contributed by atoms with van der Waals surface area (Å²) < 4.78 is 7.32. The first-order valence-corrected chi connectivity index (χ1v) is 9.77. The number of para-hydroxylation sites is 1. The molecule has 4 aliphatic rings. The first kappa shape index (κ1) is 15.9. The molecule has 0 radical (unpaired) electrons. The van der Waals surface area contributed by atoms with Gasteiger partial charge in [0.2, 0.25) is 0 Å². The minimum atomic E-state index is -0.0697. The minimum absolute atomic E-state index is 0.0697. The second-order valence-electron chi connectivity index (χ2n) is 8.05. The molecule has 3 unspecified atom stereocenters. The summed E-state index contributed by atoms with van der Waals surface area (Å²) in [6, 6.07) is 11.3. The molecule has 1 N–H and O–H groups in total. The Bertz CT molecular complexity index is 810. The Kier molecular flexibility index (Phi) is 3.76. The van der Waals surface area contributed by atoms with Crippen molar-refractivity contribution in [2.75, 3.05) is 6.54 Å². The highest BCUT2D eigenvalue weighted by Crippen LogP contribution is 2.75. The van der Waals surface area contributed by atoms with Crippen LogP contribution in [-0.2, 0) is 13.2 Å². The highest BCUT2D eigenvalue weighted by Gasteiger charge is 2.66. The molecule has 1 amide bonds. The Labute approximate surface area is 153 Å². The predicted molar refractivity (Wildman–Crippen MR) is 97.8 cm³/mol. The summed E-state index contributed by atoms with van der Waals surface area (Å²) in [5, 5.41) is 7.13. The van der Waals surface area contributed by atoms with E-state index in [1.54, 1.807) is 42.9 Å². The zero-order valence-electron chi connectivity index (χ0n) is 15.0. The number of nitrogens with zero attached hydrogens (tertiary/aromatic N) is 2. The number of aromatic nitrogens is 2. The van der Waals surface area contributed by atoms with Crippen LogP contribution in [0.15, 0.2) is 36.4 Å². The highest BCUT2D eigenvalue weighted by molar-refractivity contribution is 5.93. The third-order valence-electron chi connectivity index (χ3n) is 6.72. The lowest BCUT2D eigenvalue weighted by atomic mass is 9.71. The van der Waals surface area contributed by atoms with Gasteiger partial charge in [0.25, 0.3) is 5.91 Å². The van der Waals surface area contributed by atoms with Crippen molar-refractivity contribution in [3.8, 4) is 5.75 Å². The van der Waals surface area contributed by atoms with E-state index in [0.717, 1.165) is 16.9 Å². The molecule has 2 heterocycles. The molecule has 26 heavy (non-hydrogen) atoms. The van der Waals surface area contributed by atoms with Crippen LogP contribution in [0.2, 0.25) is 0 Å². The standard InChI is InChI=1S/C13H13N3O2.C8H12/c17-13-12-8-10(15-16(12)7-6-14-13)9-18-11-4-2-1-3-5-11;1-2-7-5-8(7)4-3-6(1)8/h1-5,8H,6-7,9H2,(H,14,17);6-7H,1-5H2. The molecule has 0 saturated heterocycles. The van der Waals surface area contributed by atoms with E-state index >= 15 is 0 Å². The topological polar surface area (TPSA) is 56.2 Å². The Morgan fingerprint density at radius 3 is 2.65 bits per heavy atom. The lowest BCUT2D eigenvalue weighted by Gasteiger charge is -2.33. The van der Waals surface area contributed by atoms with Gasteiger partial charge in [-0.25, -0.2) is 0 Å². The van der Waals surface area contributed by atoms with Gasteiger partial charge in [-0.1, -0.05) is 18.2 Å². The number of carbonyl (C=O) groups is 1. The largest absolute Gasteiger partial charge is 0.487 e. The fraction of sp³-hybridized carbons (Fsp3) is 0.524. The lowest BCUT2D eigenvalue weighted by molar-refractivity contribution is 0.0924. The van der Waals surface area contributed by atoms with E-state index in [1.165, 1.54) is 11.8 Å². The molecular weight excluding hydrogens is 326 g/mol. The fourth-order valence-electron chi connectivity index (χ4n) is 5.08. The molecule has 5 nitrogen and oxygen atoms in total. The molecule has 2 aromatic rings. The number of amides is 1. The number of rotatable bonds is 3. The quantitative estimate of drug-likeness (QED) is 0.922. The molecule has 5 heteroatoms. The van der Waals surface area contributed by atoms with Gasteiger partial charge in [0.05, 0.1) is 6.54 Å². The zero-order chi connectivity index (χ0) is 17.6. The van der Waals surface area contributed by atoms with Gasteiger partial charge in [-0.2, -0.15) is 5.10 Å². The van der Waals surface area contributed by atoms with Crippen LogP contribution in [0.5, 0.6) is 5.75 Å². The molecule has 1 aliphatic heterocycles. The molecule has 0 bridgehead atoms. The van der Waals surface area contributed by atoms with Crippen molar-refractivity contribution in [2.24, 2.45) is 17.3 Å². The van der Waals surface area contributed by atoms with E-state index in [2.05, 4.69) is 10.4 Å². The average Bonchev–Trinajstić information content (AvgIpc) is 3.17. The third kappa shape index (κ3) is 2.70. The van der Waals surface area contributed by atoms with Gasteiger partial charge < -0.3 is 10.1 Å². The Morgan fingerprint density at radius 2 is 2.04 bits per heavy atom. The lowest BCUT2D eigenvalue weighted by Crippen LogP contribution is -2.35. The van der Waals surface area contributed by atoms with Gasteiger partial charge in [0.1, 0.15) is 23.7 Å². The van der Waals surface area contributed by atoms with E-state index < -0.39 is 0 Å². The van der Waals surface area contributed by atoms with Crippen LogP contribution in [0.3, 0.4) is 0 Å². The smallest absolute Gasteiger partial charge is 0.269 e. The van der Waals surface area contributed by atoms with Crippen LogP contribution in [-0.4, -0.2) is 22.2 Å². The van der Waals surface area contributed by atoms with Crippen molar-refractivity contribution >= 4 is 5.91 Å². The van der Waals surface area contributed by atoms with E-state index in [9.17, 15) is 4.79 Å². The second-order valence-corrected chi connectivity index (χ2v) is 8.05. The van der Waals surface area contributed by atoms with Crippen molar-refractivity contribution in [3.63, 3.8) is 0 Å². The van der Waals surface area contributed by atoms with E-state index in [-0.39, 0.29) is 5.91 Å². The molecule has 1 aromatic carbocycles. The predicted octanol–water partition coefficient (Wildman–Crippen LogP) is 3.40. The number of hydrogen-bond donors (Lipinski definition) is 1. The molecule has 136 valence electrons. The van der Waals surface area contributed by atoms with Crippen molar-refractivity contribution in [1.29, 1.82) is 0 Å². The Balaban J connectivity index is 0.000000153. The highest BCUT2D eigenvalue weighted by atomic mass is 16.5. The summed E-state index contributed by atoms with van der Waals surface area (Å²) in [5.74, 6) is 3.17. The summed E-state index contributed by atoms with van der Waals surface area (Å²) in [4.78, 5) is 11.6. The van der Waals surface area contributed by atoms with Crippen molar-refractivity contribution in [2.45, 2.75) is 45.3 Å². The van der Waals surface area contributed by atoms with Crippen LogP contribution in [0.1, 0.15) is 48.3 Å². The van der Waals surface area contributed by atoms with Gasteiger partial charge in [0.15, 0.2) is 0 Å². The van der Waals surface area contributed by atoms with E-state index in [1.807, 2.05) is 30.3 Å². The maximum absolute atomic E-state index is 11.6. The number of fused-ring (bicyclic) bond motifs is 1. The van der Waals surface area contributed by atoms with Crippen LogP contribution >= 0.6 is 0 Å². The zero-order valence-corrected chi connectivity index (χ0v) is 15.0. The van der Waals surface area contributed by atoms with Crippen molar-refractivity contribution in [3.05, 3.63) is 47.8 Å². The van der Waals surface area contributed by atoms with Gasteiger partial charge in [-0.05, 0) is 67.6 Å². The molecule has 6 rings (SSSR count). The summed E-state index contributed by atoms with van der Waals surface area (Å²) in [7, 11) is 0. The SMILES string of the molecule is C1CC2CC23CCC13.O=C1NCCn2nc(COc3ccccc3)cc21. The van der Waals surface area contributed by atoms with Crippen LogP contribution in [0.4, 0.5) is 0 Å². The normalized spacial score (nSPS) is 29.9. The number of carbonyl (C=O) groups excluding carboxylic acids is 1. The van der Waals surface area contributed by atoms with E-state index in [0.29, 0.717) is 25.4 Å². The van der Waals surface area contributed by atoms with Gasteiger partial charge in [-0.3, -0.25) is 9.48 Å². The number of hydrogen-bond acceptors (Lipinski definition) is 3. The monoisotopic (exact) mass is 351 g/mol. The number of nitrogens with one attached hydrogen (secondary N) is 1. The minimum Gasteiger partial charge on any atom is -0.487 e. The van der Waals surface area contributed by atoms with Crippen LogP contribution < -0.4 is 10.1 Å². The average molecular weight is 351 g/mol. The molecule has 3 atom stereocenters. The van der Waals surface area contributed by atoms with Crippen LogP contribution in [0.25, 0.3) is 0 Å². The summed E-state index contributed by atoms with van der Waals surface area (Å²) in [6.45, 7) is 1.72. The third-order valence-corrected chi connectivity index (χ3v) is 6.72. The summed E-state index contributed by atoms with van der Waals surface area (Å²) in [6.07, 6.45) is 7.98. The molecule has 1 spiro atoms. The number of ether oxygens (including phenoxy) is 1. The van der Waals surface area contributed by atoms with E-state index in [4.69, 9.17) is 4.74 Å². The molecule has 1 aromatic heterocycles. The Hall–Kier alpha value is -2.30. The fourth-order valence-corrected chi connectivity index (χ4v) is 5.08. The van der Waals surface area contributed by atoms with Crippen LogP contribution in [0, 0.1) is 17.3 Å². The van der Waals surface area contributed by atoms with Crippen molar-refractivity contribution < 1.29 is 9.53 Å². The van der Waals surface area contributed by atoms with Gasteiger partial charge in [0, 0.05) is 6.54 Å². The van der Waals surface area contributed by atoms with Gasteiger partial charge in [-0.15, -0.1) is 0 Å².